The zero-order valence-electron chi connectivity index (χ0n) is 12.9. The molecule has 0 heterocycles. The Bertz CT molecular complexity index is 355. The van der Waals surface area contributed by atoms with Crippen LogP contribution in [-0.2, 0) is 11.3 Å². The Hall–Kier alpha value is -0.900. The lowest BCUT2D eigenvalue weighted by atomic mass is 10.1. The molecule has 1 aromatic carbocycles. The van der Waals surface area contributed by atoms with Gasteiger partial charge in [-0.25, -0.2) is 0 Å². The lowest BCUT2D eigenvalue weighted by Gasteiger charge is -2.13. The lowest BCUT2D eigenvalue weighted by Crippen LogP contribution is -2.30. The summed E-state index contributed by atoms with van der Waals surface area (Å²) in [6, 6.07) is 8.30. The first kappa shape index (κ1) is 17.2. The summed E-state index contributed by atoms with van der Waals surface area (Å²) in [5, 5.41) is 13.1. The first-order valence-corrected chi connectivity index (χ1v) is 7.75. The first-order valence-electron chi connectivity index (χ1n) is 7.75. The van der Waals surface area contributed by atoms with Crippen LogP contribution >= 0.6 is 0 Å². The monoisotopic (exact) mass is 279 g/mol. The van der Waals surface area contributed by atoms with Crippen LogP contribution in [0, 0.1) is 6.92 Å². The van der Waals surface area contributed by atoms with Gasteiger partial charge in [0.15, 0.2) is 0 Å². The molecule has 3 heteroatoms. The molecule has 20 heavy (non-hydrogen) atoms. The van der Waals surface area contributed by atoms with Crippen LogP contribution in [0.3, 0.4) is 0 Å². The highest BCUT2D eigenvalue weighted by molar-refractivity contribution is 5.25. The zero-order chi connectivity index (χ0) is 14.6. The van der Waals surface area contributed by atoms with Crippen LogP contribution in [0.5, 0.6) is 0 Å². The number of rotatable bonds is 11. The molecule has 0 aliphatic rings. The smallest absolute Gasteiger partial charge is 0.0897 e. The van der Waals surface area contributed by atoms with E-state index in [2.05, 4.69) is 31.3 Å². The molecule has 2 N–H and O–H groups in total. The number of hydrogen-bond donors (Lipinski definition) is 2. The van der Waals surface area contributed by atoms with E-state index in [0.29, 0.717) is 13.2 Å². The van der Waals surface area contributed by atoms with Crippen LogP contribution in [0.25, 0.3) is 0 Å². The molecule has 0 spiro atoms. The predicted octanol–water partition coefficient (Wildman–Crippen LogP) is 3.04. The van der Waals surface area contributed by atoms with Crippen LogP contribution in [0.15, 0.2) is 24.3 Å². The highest BCUT2D eigenvalue weighted by atomic mass is 16.5. The fourth-order valence-corrected chi connectivity index (χ4v) is 2.09. The summed E-state index contributed by atoms with van der Waals surface area (Å²) in [4.78, 5) is 0. The van der Waals surface area contributed by atoms with Gasteiger partial charge >= 0.3 is 0 Å². The van der Waals surface area contributed by atoms with E-state index in [1.54, 1.807) is 0 Å². The summed E-state index contributed by atoms with van der Waals surface area (Å²) in [6.07, 6.45) is 4.40. The van der Waals surface area contributed by atoms with Crippen molar-refractivity contribution in [2.75, 3.05) is 19.8 Å². The Kier molecular flexibility index (Phi) is 9.29. The first-order chi connectivity index (χ1) is 9.74. The SMILES string of the molecule is CCCCCCOCC(O)CNCc1ccccc1C. The van der Waals surface area contributed by atoms with Crippen LogP contribution in [-0.4, -0.2) is 31.0 Å². The molecule has 0 amide bonds. The summed E-state index contributed by atoms with van der Waals surface area (Å²) in [5.74, 6) is 0. The van der Waals surface area contributed by atoms with Crippen molar-refractivity contribution in [1.82, 2.24) is 5.32 Å². The third-order valence-electron chi connectivity index (χ3n) is 3.41. The minimum Gasteiger partial charge on any atom is -0.389 e. The van der Waals surface area contributed by atoms with Crippen LogP contribution in [0.4, 0.5) is 0 Å². The van der Waals surface area contributed by atoms with Crippen molar-refractivity contribution in [3.8, 4) is 0 Å². The second-order valence-corrected chi connectivity index (χ2v) is 5.35. The molecule has 0 saturated carbocycles. The molecule has 1 aromatic rings. The van der Waals surface area contributed by atoms with Crippen molar-refractivity contribution < 1.29 is 9.84 Å². The highest BCUT2D eigenvalue weighted by Crippen LogP contribution is 2.06. The second-order valence-electron chi connectivity index (χ2n) is 5.35. The van der Waals surface area contributed by atoms with Gasteiger partial charge in [0.2, 0.25) is 0 Å². The van der Waals surface area contributed by atoms with E-state index in [1.165, 1.54) is 30.4 Å². The van der Waals surface area contributed by atoms with E-state index >= 15 is 0 Å². The molecule has 0 aliphatic heterocycles. The molecule has 0 saturated heterocycles. The standard InChI is InChI=1S/C17H29NO2/c1-3-4-5-8-11-20-14-17(19)13-18-12-16-10-7-6-9-15(16)2/h6-7,9-10,17-19H,3-5,8,11-14H2,1-2H3. The number of unbranched alkanes of at least 4 members (excludes halogenated alkanes) is 3. The van der Waals surface area contributed by atoms with Gasteiger partial charge in [-0.3, -0.25) is 0 Å². The number of aryl methyl sites for hydroxylation is 1. The van der Waals surface area contributed by atoms with Crippen molar-refractivity contribution in [3.05, 3.63) is 35.4 Å². The van der Waals surface area contributed by atoms with E-state index in [0.717, 1.165) is 19.6 Å². The van der Waals surface area contributed by atoms with Gasteiger partial charge in [0, 0.05) is 19.7 Å². The topological polar surface area (TPSA) is 41.5 Å². The number of hydrogen-bond acceptors (Lipinski definition) is 3. The Morgan fingerprint density at radius 2 is 2.00 bits per heavy atom. The minimum atomic E-state index is -0.426. The van der Waals surface area contributed by atoms with Gasteiger partial charge in [-0.1, -0.05) is 50.5 Å². The summed E-state index contributed by atoms with van der Waals surface area (Å²) >= 11 is 0. The molecular formula is C17H29NO2. The van der Waals surface area contributed by atoms with Gasteiger partial charge in [-0.15, -0.1) is 0 Å². The average Bonchev–Trinajstić information content (AvgIpc) is 2.45. The third-order valence-corrected chi connectivity index (χ3v) is 3.41. The molecule has 1 atom stereocenters. The molecule has 1 unspecified atom stereocenters. The van der Waals surface area contributed by atoms with Gasteiger partial charge in [0.25, 0.3) is 0 Å². The number of nitrogens with one attached hydrogen (secondary N) is 1. The zero-order valence-corrected chi connectivity index (χ0v) is 12.9. The van der Waals surface area contributed by atoms with Gasteiger partial charge in [-0.2, -0.15) is 0 Å². The molecule has 0 fully saturated rings. The van der Waals surface area contributed by atoms with Crippen molar-refractivity contribution >= 4 is 0 Å². The van der Waals surface area contributed by atoms with Crippen LogP contribution in [0.1, 0.15) is 43.7 Å². The lowest BCUT2D eigenvalue weighted by molar-refractivity contribution is 0.0353. The van der Waals surface area contributed by atoms with Crippen LogP contribution < -0.4 is 5.32 Å². The molecule has 0 aliphatic carbocycles. The predicted molar refractivity (Wildman–Crippen MR) is 83.9 cm³/mol. The van der Waals surface area contributed by atoms with Crippen molar-refractivity contribution in [2.24, 2.45) is 0 Å². The van der Waals surface area contributed by atoms with Crippen LogP contribution in [0.2, 0.25) is 0 Å². The van der Waals surface area contributed by atoms with E-state index in [-0.39, 0.29) is 0 Å². The number of aliphatic hydroxyl groups is 1. The highest BCUT2D eigenvalue weighted by Gasteiger charge is 2.04. The number of aliphatic hydroxyl groups excluding tert-OH is 1. The third kappa shape index (κ3) is 7.63. The van der Waals surface area contributed by atoms with Gasteiger partial charge in [-0.05, 0) is 24.5 Å². The number of ether oxygens (including phenoxy) is 1. The fourth-order valence-electron chi connectivity index (χ4n) is 2.09. The fraction of sp³-hybridized carbons (Fsp3) is 0.647. The van der Waals surface area contributed by atoms with Crippen molar-refractivity contribution in [1.29, 1.82) is 0 Å². The van der Waals surface area contributed by atoms with E-state index in [9.17, 15) is 5.11 Å². The normalized spacial score (nSPS) is 12.6. The largest absolute Gasteiger partial charge is 0.389 e. The van der Waals surface area contributed by atoms with E-state index in [1.807, 2.05) is 12.1 Å². The number of benzene rings is 1. The van der Waals surface area contributed by atoms with Gasteiger partial charge in [0.05, 0.1) is 12.7 Å². The van der Waals surface area contributed by atoms with E-state index < -0.39 is 6.10 Å². The van der Waals surface area contributed by atoms with Crippen molar-refractivity contribution in [2.45, 2.75) is 52.2 Å². The van der Waals surface area contributed by atoms with Gasteiger partial charge < -0.3 is 15.2 Å². The molecule has 0 aromatic heterocycles. The van der Waals surface area contributed by atoms with Gasteiger partial charge in [0.1, 0.15) is 0 Å². The van der Waals surface area contributed by atoms with Crippen molar-refractivity contribution in [3.63, 3.8) is 0 Å². The summed E-state index contributed by atoms with van der Waals surface area (Å²) in [6.45, 7) is 6.85. The summed E-state index contributed by atoms with van der Waals surface area (Å²) < 4.78 is 5.48. The molecule has 1 rings (SSSR count). The minimum absolute atomic E-state index is 0.424. The maximum atomic E-state index is 9.81. The Morgan fingerprint density at radius 1 is 1.20 bits per heavy atom. The maximum absolute atomic E-state index is 9.81. The Labute approximate surface area is 123 Å². The average molecular weight is 279 g/mol. The molecule has 3 nitrogen and oxygen atoms in total. The molecular weight excluding hydrogens is 250 g/mol. The van der Waals surface area contributed by atoms with E-state index in [4.69, 9.17) is 4.74 Å². The second kappa shape index (κ2) is 10.8. The Balaban J connectivity index is 2.03. The molecule has 0 radical (unpaired) electrons. The molecule has 0 bridgehead atoms. The maximum Gasteiger partial charge on any atom is 0.0897 e. The quantitative estimate of drug-likeness (QED) is 0.612. The summed E-state index contributed by atoms with van der Waals surface area (Å²) in [5.41, 5.74) is 2.56. The molecule has 114 valence electrons. The Morgan fingerprint density at radius 3 is 2.75 bits per heavy atom. The summed E-state index contributed by atoms with van der Waals surface area (Å²) in [7, 11) is 0.